The molecule has 0 saturated carbocycles. The predicted molar refractivity (Wildman–Crippen MR) is 130 cm³/mol. The monoisotopic (exact) mass is 436 g/mol. The van der Waals surface area contributed by atoms with E-state index in [1.54, 1.807) is 11.7 Å². The molecule has 2 aromatic rings. The number of aliphatic imine (C=N–C) groups is 1. The van der Waals surface area contributed by atoms with E-state index in [2.05, 4.69) is 38.6 Å². The third-order valence-electron chi connectivity index (χ3n) is 6.12. The fraction of sp³-hybridized carbons (Fsp3) is 0.542. The van der Waals surface area contributed by atoms with Gasteiger partial charge in [0.1, 0.15) is 17.5 Å². The number of benzene rings is 1. The van der Waals surface area contributed by atoms with Gasteiger partial charge in [-0.2, -0.15) is 10.4 Å². The van der Waals surface area contributed by atoms with Gasteiger partial charge in [-0.3, -0.25) is 9.89 Å². The van der Waals surface area contributed by atoms with E-state index in [1.807, 2.05) is 30.3 Å². The number of guanidine groups is 1. The number of nitrogens with two attached hydrogens (primary N) is 1. The van der Waals surface area contributed by atoms with E-state index in [1.165, 1.54) is 32.2 Å². The molecule has 8 heteroatoms. The van der Waals surface area contributed by atoms with Gasteiger partial charge in [0.25, 0.3) is 0 Å². The topological polar surface area (TPSA) is 107 Å². The lowest BCUT2D eigenvalue weighted by Gasteiger charge is -2.35. The van der Waals surface area contributed by atoms with Crippen LogP contribution in [0.15, 0.2) is 35.3 Å². The average molecular weight is 437 g/mol. The molecule has 1 unspecified atom stereocenters. The highest BCUT2D eigenvalue weighted by atomic mass is 15.3. The molecule has 0 aliphatic carbocycles. The number of nitrogens with zero attached hydrogens (tertiary/aromatic N) is 5. The Morgan fingerprint density at radius 2 is 2.03 bits per heavy atom. The Bertz CT molecular complexity index is 912. The minimum Gasteiger partial charge on any atom is -0.382 e. The van der Waals surface area contributed by atoms with Crippen molar-refractivity contribution in [3.63, 3.8) is 0 Å². The summed E-state index contributed by atoms with van der Waals surface area (Å²) in [5.74, 6) is 1.20. The Morgan fingerprint density at radius 1 is 1.25 bits per heavy atom. The molecule has 32 heavy (non-hydrogen) atoms. The summed E-state index contributed by atoms with van der Waals surface area (Å²) in [7, 11) is 1.79. The Hall–Kier alpha value is -3.05. The van der Waals surface area contributed by atoms with Crippen LogP contribution in [0.25, 0.3) is 5.69 Å². The van der Waals surface area contributed by atoms with Gasteiger partial charge in [0, 0.05) is 32.7 Å². The number of nitrogens with one attached hydrogen (secondary N) is 2. The standard InChI is InChI=1S/C24H36N8/c1-3-19-10-7-8-16-31(19)17-15-29-24(27-2)28-14-9-13-22-21(18-25)23(26)32(30-22)20-11-5-4-6-12-20/h4-6,11-12,19H,3,7-10,13-17,26H2,1-2H3,(H2,27,28,29). The van der Waals surface area contributed by atoms with Crippen LogP contribution in [0, 0.1) is 11.3 Å². The third-order valence-corrected chi connectivity index (χ3v) is 6.12. The Kier molecular flexibility index (Phi) is 8.93. The molecule has 172 valence electrons. The molecule has 1 aromatic carbocycles. The Labute approximate surface area is 191 Å². The second-order valence-corrected chi connectivity index (χ2v) is 8.19. The van der Waals surface area contributed by atoms with Gasteiger partial charge in [-0.15, -0.1) is 0 Å². The quantitative estimate of drug-likeness (QED) is 0.317. The van der Waals surface area contributed by atoms with Crippen LogP contribution in [0.5, 0.6) is 0 Å². The number of piperidine rings is 1. The second kappa shape index (κ2) is 12.1. The van der Waals surface area contributed by atoms with E-state index in [0.29, 0.717) is 17.8 Å². The van der Waals surface area contributed by atoms with E-state index in [-0.39, 0.29) is 0 Å². The summed E-state index contributed by atoms with van der Waals surface area (Å²) < 4.78 is 1.64. The van der Waals surface area contributed by atoms with Gasteiger partial charge in [0.15, 0.2) is 5.96 Å². The number of nitrogen functional groups attached to an aromatic ring is 1. The van der Waals surface area contributed by atoms with Crippen molar-refractivity contribution in [2.75, 3.05) is 39.0 Å². The van der Waals surface area contributed by atoms with Gasteiger partial charge in [0.2, 0.25) is 0 Å². The number of hydrogen-bond donors (Lipinski definition) is 3. The fourth-order valence-corrected chi connectivity index (χ4v) is 4.36. The van der Waals surface area contributed by atoms with Crippen LogP contribution in [0.1, 0.15) is 50.3 Å². The first-order valence-corrected chi connectivity index (χ1v) is 11.7. The molecule has 1 aliphatic heterocycles. The van der Waals surface area contributed by atoms with Gasteiger partial charge in [-0.05, 0) is 50.8 Å². The average Bonchev–Trinajstić information content (AvgIpc) is 3.16. The molecule has 1 aromatic heterocycles. The number of anilines is 1. The minimum atomic E-state index is 0.391. The molecule has 0 radical (unpaired) electrons. The zero-order valence-corrected chi connectivity index (χ0v) is 19.3. The number of rotatable bonds is 9. The van der Waals surface area contributed by atoms with Crippen LogP contribution in [0.2, 0.25) is 0 Å². The van der Waals surface area contributed by atoms with Gasteiger partial charge < -0.3 is 16.4 Å². The molecule has 0 spiro atoms. The molecular formula is C24H36N8. The van der Waals surface area contributed by atoms with E-state index < -0.39 is 0 Å². The zero-order chi connectivity index (χ0) is 22.8. The highest BCUT2D eigenvalue weighted by Gasteiger charge is 2.20. The smallest absolute Gasteiger partial charge is 0.191 e. The third kappa shape index (κ3) is 6.01. The molecule has 1 fully saturated rings. The van der Waals surface area contributed by atoms with Crippen molar-refractivity contribution in [1.29, 1.82) is 5.26 Å². The predicted octanol–water partition coefficient (Wildman–Crippen LogP) is 2.69. The van der Waals surface area contributed by atoms with Gasteiger partial charge in [0.05, 0.1) is 11.4 Å². The number of nitriles is 1. The number of likely N-dealkylation sites (tertiary alicyclic amines) is 1. The molecule has 1 atom stereocenters. The summed E-state index contributed by atoms with van der Waals surface area (Å²) in [4.78, 5) is 6.93. The summed E-state index contributed by atoms with van der Waals surface area (Å²) in [6, 6.07) is 12.6. The van der Waals surface area contributed by atoms with Crippen LogP contribution in [-0.4, -0.2) is 59.9 Å². The van der Waals surface area contributed by atoms with Crippen LogP contribution >= 0.6 is 0 Å². The van der Waals surface area contributed by atoms with Crippen LogP contribution in [-0.2, 0) is 6.42 Å². The van der Waals surface area contributed by atoms with Crippen molar-refractivity contribution in [3.05, 3.63) is 41.6 Å². The lowest BCUT2D eigenvalue weighted by molar-refractivity contribution is 0.147. The molecule has 1 aliphatic rings. The number of hydrogen-bond acceptors (Lipinski definition) is 5. The second-order valence-electron chi connectivity index (χ2n) is 8.19. The van der Waals surface area contributed by atoms with E-state index >= 15 is 0 Å². The van der Waals surface area contributed by atoms with Crippen molar-refractivity contribution in [1.82, 2.24) is 25.3 Å². The largest absolute Gasteiger partial charge is 0.382 e. The first-order valence-electron chi connectivity index (χ1n) is 11.7. The normalized spacial score (nSPS) is 17.2. The molecule has 2 heterocycles. The molecule has 0 amide bonds. The van der Waals surface area contributed by atoms with Crippen LogP contribution < -0.4 is 16.4 Å². The van der Waals surface area contributed by atoms with Crippen molar-refractivity contribution in [2.24, 2.45) is 4.99 Å². The lowest BCUT2D eigenvalue weighted by Crippen LogP contribution is -2.46. The van der Waals surface area contributed by atoms with Crippen molar-refractivity contribution >= 4 is 11.8 Å². The SMILES string of the molecule is CCC1CCCCN1CCNC(=NC)NCCCc1nn(-c2ccccc2)c(N)c1C#N. The number of aryl methyl sites for hydroxylation is 1. The van der Waals surface area contributed by atoms with Crippen molar-refractivity contribution < 1.29 is 0 Å². The molecular weight excluding hydrogens is 400 g/mol. The first kappa shape index (κ1) is 23.6. The summed E-state index contributed by atoms with van der Waals surface area (Å²) >= 11 is 0. The summed E-state index contributed by atoms with van der Waals surface area (Å²) in [6.45, 7) is 6.15. The minimum absolute atomic E-state index is 0.391. The van der Waals surface area contributed by atoms with Crippen molar-refractivity contribution in [2.45, 2.75) is 51.5 Å². The number of aromatic nitrogens is 2. The Balaban J connectivity index is 1.45. The molecule has 8 nitrogen and oxygen atoms in total. The molecule has 3 rings (SSSR count). The van der Waals surface area contributed by atoms with Crippen molar-refractivity contribution in [3.8, 4) is 11.8 Å². The van der Waals surface area contributed by atoms with E-state index in [9.17, 15) is 5.26 Å². The highest BCUT2D eigenvalue weighted by molar-refractivity contribution is 5.79. The van der Waals surface area contributed by atoms with Crippen LogP contribution in [0.3, 0.4) is 0 Å². The fourth-order valence-electron chi connectivity index (χ4n) is 4.36. The van der Waals surface area contributed by atoms with Crippen LogP contribution in [0.4, 0.5) is 5.82 Å². The van der Waals surface area contributed by atoms with E-state index in [0.717, 1.165) is 49.4 Å². The molecule has 4 N–H and O–H groups in total. The summed E-state index contributed by atoms with van der Waals surface area (Å²) in [5, 5.41) is 20.9. The van der Waals surface area contributed by atoms with Gasteiger partial charge >= 0.3 is 0 Å². The highest BCUT2D eigenvalue weighted by Crippen LogP contribution is 2.21. The van der Waals surface area contributed by atoms with E-state index in [4.69, 9.17) is 5.73 Å². The molecule has 1 saturated heterocycles. The maximum absolute atomic E-state index is 9.55. The maximum Gasteiger partial charge on any atom is 0.191 e. The maximum atomic E-state index is 9.55. The van der Waals surface area contributed by atoms with Gasteiger partial charge in [-0.25, -0.2) is 4.68 Å². The lowest BCUT2D eigenvalue weighted by atomic mass is 10.0. The first-order chi connectivity index (χ1) is 15.7. The summed E-state index contributed by atoms with van der Waals surface area (Å²) in [5.41, 5.74) is 8.23. The number of para-hydroxylation sites is 1. The zero-order valence-electron chi connectivity index (χ0n) is 19.3. The van der Waals surface area contributed by atoms with Gasteiger partial charge in [-0.1, -0.05) is 31.5 Å². The molecule has 0 bridgehead atoms. The summed E-state index contributed by atoms with van der Waals surface area (Å²) in [6.07, 6.45) is 6.70. The Morgan fingerprint density at radius 3 is 2.75 bits per heavy atom.